The minimum absolute atomic E-state index is 0. The molecule has 2 fully saturated rings. The number of likely N-dealkylation sites (tertiary alicyclic amines) is 1. The van der Waals surface area contributed by atoms with Crippen molar-refractivity contribution < 1.29 is 4.79 Å². The van der Waals surface area contributed by atoms with Crippen LogP contribution in [-0.2, 0) is 17.9 Å². The molecular weight excluding hydrogens is 310 g/mol. The number of carbonyl (C=O) groups excluding carboxylic acids is 1. The van der Waals surface area contributed by atoms with Gasteiger partial charge < -0.3 is 10.6 Å². The second-order valence-electron chi connectivity index (χ2n) is 6.82. The third kappa shape index (κ3) is 4.93. The summed E-state index contributed by atoms with van der Waals surface area (Å²) in [7, 11) is 0. The number of nitrogens with zero attached hydrogens (tertiary/aromatic N) is 1. The Bertz CT molecular complexity index is 519. The molecule has 5 heteroatoms. The van der Waals surface area contributed by atoms with Crippen LogP contribution in [0.3, 0.4) is 0 Å². The molecular formula is C18H28ClN3O. The summed E-state index contributed by atoms with van der Waals surface area (Å²) in [5.41, 5.74) is 2.60. The molecule has 4 nitrogen and oxygen atoms in total. The fourth-order valence-corrected chi connectivity index (χ4v) is 3.36. The molecule has 1 amide bonds. The summed E-state index contributed by atoms with van der Waals surface area (Å²) >= 11 is 0. The van der Waals surface area contributed by atoms with E-state index < -0.39 is 0 Å². The Hall–Kier alpha value is -1.10. The first-order valence-electron chi connectivity index (χ1n) is 8.50. The lowest BCUT2D eigenvalue weighted by molar-refractivity contribution is -0.126. The average Bonchev–Trinajstić information content (AvgIpc) is 2.44. The molecule has 1 aromatic rings. The van der Waals surface area contributed by atoms with Gasteiger partial charge in [0.05, 0.1) is 5.92 Å². The van der Waals surface area contributed by atoms with E-state index >= 15 is 0 Å². The Balaban J connectivity index is 0.00000192. The summed E-state index contributed by atoms with van der Waals surface area (Å²) < 4.78 is 0. The van der Waals surface area contributed by atoms with E-state index in [1.807, 2.05) is 0 Å². The molecule has 0 aliphatic carbocycles. The molecule has 0 spiro atoms. The van der Waals surface area contributed by atoms with Crippen LogP contribution in [0, 0.1) is 11.8 Å². The van der Waals surface area contributed by atoms with Crippen molar-refractivity contribution in [2.45, 2.75) is 32.9 Å². The van der Waals surface area contributed by atoms with Crippen molar-refractivity contribution in [3.05, 3.63) is 35.4 Å². The van der Waals surface area contributed by atoms with Crippen LogP contribution in [0.2, 0.25) is 0 Å². The van der Waals surface area contributed by atoms with Gasteiger partial charge in [-0.25, -0.2) is 0 Å². The molecule has 2 aliphatic rings. The van der Waals surface area contributed by atoms with E-state index in [-0.39, 0.29) is 24.2 Å². The Morgan fingerprint density at radius 2 is 2.04 bits per heavy atom. The second kappa shape index (κ2) is 8.67. The summed E-state index contributed by atoms with van der Waals surface area (Å²) in [5.74, 6) is 1.14. The number of benzene rings is 1. The normalized spacial score (nSPS) is 22.0. The molecule has 0 radical (unpaired) electrons. The average molecular weight is 338 g/mol. The number of rotatable bonds is 5. The number of amides is 1. The van der Waals surface area contributed by atoms with Gasteiger partial charge in [-0.3, -0.25) is 9.69 Å². The highest BCUT2D eigenvalue weighted by Gasteiger charge is 2.24. The quantitative estimate of drug-likeness (QED) is 0.865. The van der Waals surface area contributed by atoms with Crippen LogP contribution in [-0.4, -0.2) is 37.0 Å². The summed E-state index contributed by atoms with van der Waals surface area (Å²) in [6, 6.07) is 8.51. The van der Waals surface area contributed by atoms with Crippen LogP contribution >= 0.6 is 12.4 Å². The fourth-order valence-electron chi connectivity index (χ4n) is 3.36. The van der Waals surface area contributed by atoms with Crippen LogP contribution in [0.5, 0.6) is 0 Å². The van der Waals surface area contributed by atoms with E-state index in [4.69, 9.17) is 0 Å². The molecule has 3 rings (SSSR count). The van der Waals surface area contributed by atoms with Crippen molar-refractivity contribution in [3.63, 3.8) is 0 Å². The maximum atomic E-state index is 12.0. The van der Waals surface area contributed by atoms with E-state index in [1.54, 1.807) is 0 Å². The molecule has 1 unspecified atom stereocenters. The molecule has 1 atom stereocenters. The standard InChI is InChI=1S/C18H27N3O.ClH/c1-14-5-4-8-21(12-14)13-16-7-3-2-6-15(16)11-20-18(22)17-9-19-10-17;/h2-3,6-7,14,17,19H,4-5,8-13H2,1H3,(H,20,22);1H. The summed E-state index contributed by atoms with van der Waals surface area (Å²) in [4.78, 5) is 14.5. The number of carbonyl (C=O) groups is 1. The van der Waals surface area contributed by atoms with Crippen molar-refractivity contribution in [2.75, 3.05) is 26.2 Å². The van der Waals surface area contributed by atoms with Crippen molar-refractivity contribution >= 4 is 18.3 Å². The highest BCUT2D eigenvalue weighted by Crippen LogP contribution is 2.19. The first kappa shape index (κ1) is 18.2. The zero-order chi connectivity index (χ0) is 15.4. The van der Waals surface area contributed by atoms with Gasteiger partial charge in [0, 0.05) is 32.7 Å². The Labute approximate surface area is 145 Å². The van der Waals surface area contributed by atoms with E-state index in [0.717, 1.165) is 25.6 Å². The second-order valence-corrected chi connectivity index (χ2v) is 6.82. The molecule has 0 aromatic heterocycles. The number of piperidine rings is 1. The van der Waals surface area contributed by atoms with Crippen molar-refractivity contribution in [1.29, 1.82) is 0 Å². The third-order valence-electron chi connectivity index (χ3n) is 4.86. The molecule has 2 aliphatic heterocycles. The van der Waals surface area contributed by atoms with E-state index in [2.05, 4.69) is 46.7 Å². The topological polar surface area (TPSA) is 44.4 Å². The van der Waals surface area contributed by atoms with Gasteiger partial charge in [-0.1, -0.05) is 31.2 Å². The molecule has 2 N–H and O–H groups in total. The highest BCUT2D eigenvalue weighted by molar-refractivity contribution is 5.85. The predicted octanol–water partition coefficient (Wildman–Crippen LogP) is 2.18. The van der Waals surface area contributed by atoms with Crippen molar-refractivity contribution in [2.24, 2.45) is 11.8 Å². The van der Waals surface area contributed by atoms with Crippen LogP contribution < -0.4 is 10.6 Å². The summed E-state index contributed by atoms with van der Waals surface area (Å²) in [6.45, 7) is 8.01. The molecule has 0 saturated carbocycles. The number of hydrogen-bond acceptors (Lipinski definition) is 3. The van der Waals surface area contributed by atoms with E-state index in [9.17, 15) is 4.79 Å². The van der Waals surface area contributed by atoms with Crippen molar-refractivity contribution in [1.82, 2.24) is 15.5 Å². The van der Waals surface area contributed by atoms with Gasteiger partial charge >= 0.3 is 0 Å². The fraction of sp³-hybridized carbons (Fsp3) is 0.611. The van der Waals surface area contributed by atoms with Gasteiger partial charge in [0.25, 0.3) is 0 Å². The van der Waals surface area contributed by atoms with Gasteiger partial charge in [0.15, 0.2) is 0 Å². The third-order valence-corrected chi connectivity index (χ3v) is 4.86. The monoisotopic (exact) mass is 337 g/mol. The minimum atomic E-state index is 0. The Morgan fingerprint density at radius 1 is 1.30 bits per heavy atom. The zero-order valence-electron chi connectivity index (χ0n) is 13.9. The number of nitrogens with one attached hydrogen (secondary N) is 2. The van der Waals surface area contributed by atoms with Gasteiger partial charge in [-0.15, -0.1) is 12.4 Å². The lowest BCUT2D eigenvalue weighted by atomic mass is 9.98. The first-order valence-corrected chi connectivity index (χ1v) is 8.50. The maximum absolute atomic E-state index is 12.0. The number of halogens is 1. The van der Waals surface area contributed by atoms with Crippen LogP contribution in [0.25, 0.3) is 0 Å². The van der Waals surface area contributed by atoms with Gasteiger partial charge in [0.1, 0.15) is 0 Å². The SMILES string of the molecule is CC1CCCN(Cc2ccccc2CNC(=O)C2CNC2)C1.Cl. The lowest BCUT2D eigenvalue weighted by Gasteiger charge is -2.31. The molecule has 23 heavy (non-hydrogen) atoms. The van der Waals surface area contributed by atoms with Crippen LogP contribution in [0.1, 0.15) is 30.9 Å². The first-order chi connectivity index (χ1) is 10.7. The highest BCUT2D eigenvalue weighted by atomic mass is 35.5. The smallest absolute Gasteiger partial charge is 0.225 e. The summed E-state index contributed by atoms with van der Waals surface area (Å²) in [5, 5.41) is 6.23. The van der Waals surface area contributed by atoms with Gasteiger partial charge in [-0.2, -0.15) is 0 Å². The van der Waals surface area contributed by atoms with E-state index in [1.165, 1.54) is 37.1 Å². The molecule has 2 saturated heterocycles. The van der Waals surface area contributed by atoms with E-state index in [0.29, 0.717) is 6.54 Å². The lowest BCUT2D eigenvalue weighted by Crippen LogP contribution is -2.50. The number of hydrogen-bond donors (Lipinski definition) is 2. The van der Waals surface area contributed by atoms with Gasteiger partial charge in [-0.05, 0) is 36.4 Å². The van der Waals surface area contributed by atoms with Crippen LogP contribution in [0.15, 0.2) is 24.3 Å². The Kier molecular flexibility index (Phi) is 6.88. The van der Waals surface area contributed by atoms with Gasteiger partial charge in [0.2, 0.25) is 5.91 Å². The molecule has 2 heterocycles. The largest absolute Gasteiger partial charge is 0.352 e. The molecule has 128 valence electrons. The minimum Gasteiger partial charge on any atom is -0.352 e. The summed E-state index contributed by atoms with van der Waals surface area (Å²) in [6.07, 6.45) is 2.65. The molecule has 1 aromatic carbocycles. The molecule has 0 bridgehead atoms. The van der Waals surface area contributed by atoms with Crippen molar-refractivity contribution in [3.8, 4) is 0 Å². The maximum Gasteiger partial charge on any atom is 0.225 e. The Morgan fingerprint density at radius 3 is 2.70 bits per heavy atom. The van der Waals surface area contributed by atoms with Crippen LogP contribution in [0.4, 0.5) is 0 Å². The predicted molar refractivity (Wildman–Crippen MR) is 95.6 cm³/mol. The zero-order valence-corrected chi connectivity index (χ0v) is 14.7.